The molecule has 1 aliphatic heterocycles. The Labute approximate surface area is 102 Å². The van der Waals surface area contributed by atoms with E-state index >= 15 is 0 Å². The molecule has 2 N–H and O–H groups in total. The number of hydrogen-bond acceptors (Lipinski definition) is 3. The van der Waals surface area contributed by atoms with Gasteiger partial charge in [0, 0.05) is 18.8 Å². The maximum atomic E-state index is 12.3. The molecule has 0 radical (unpaired) electrons. The van der Waals surface area contributed by atoms with Gasteiger partial charge < -0.3 is 10.6 Å². The molecule has 0 aliphatic carbocycles. The zero-order valence-electron chi connectivity index (χ0n) is 9.42. The quantitative estimate of drug-likeness (QED) is 0.839. The molecular formula is C11H12F3N3O. The van der Waals surface area contributed by atoms with Crippen molar-refractivity contribution in [3.8, 4) is 0 Å². The molecule has 1 saturated heterocycles. The van der Waals surface area contributed by atoms with Crippen LogP contribution < -0.4 is 10.6 Å². The number of nitrogens with zero attached hydrogens (tertiary/aromatic N) is 1. The lowest BCUT2D eigenvalue weighted by atomic mass is 10.2. The van der Waals surface area contributed by atoms with Crippen molar-refractivity contribution in [1.29, 1.82) is 0 Å². The highest BCUT2D eigenvalue weighted by Crippen LogP contribution is 2.28. The summed E-state index contributed by atoms with van der Waals surface area (Å²) < 4.78 is 36.9. The number of amides is 1. The van der Waals surface area contributed by atoms with Crippen molar-refractivity contribution < 1.29 is 18.0 Å². The van der Waals surface area contributed by atoms with Crippen LogP contribution in [-0.4, -0.2) is 30.0 Å². The first kappa shape index (κ1) is 12.8. The molecule has 1 atom stereocenters. The summed E-state index contributed by atoms with van der Waals surface area (Å²) in [6.07, 6.45) is -2.95. The molecule has 1 aromatic heterocycles. The lowest BCUT2D eigenvalue weighted by Crippen LogP contribution is -2.36. The van der Waals surface area contributed by atoms with Gasteiger partial charge in [-0.2, -0.15) is 13.2 Å². The van der Waals surface area contributed by atoms with E-state index in [1.54, 1.807) is 0 Å². The predicted molar refractivity (Wildman–Crippen MR) is 58.0 cm³/mol. The number of carbonyl (C=O) groups is 1. The van der Waals surface area contributed by atoms with E-state index in [9.17, 15) is 18.0 Å². The van der Waals surface area contributed by atoms with Crippen LogP contribution in [0.3, 0.4) is 0 Å². The second kappa shape index (κ2) is 4.93. The molecule has 1 fully saturated rings. The molecule has 2 heterocycles. The summed E-state index contributed by atoms with van der Waals surface area (Å²) in [6, 6.07) is 1.96. The first-order valence-electron chi connectivity index (χ1n) is 5.51. The summed E-state index contributed by atoms with van der Waals surface area (Å²) in [5.74, 6) is -0.447. The Hall–Kier alpha value is -1.63. The van der Waals surface area contributed by atoms with Crippen molar-refractivity contribution >= 4 is 5.91 Å². The SMILES string of the molecule is O=C(N[C@@H]1CCNC1)c1ccc(C(F)(F)F)cn1. The topological polar surface area (TPSA) is 54.0 Å². The Bertz CT molecular complexity index is 424. The first-order valence-corrected chi connectivity index (χ1v) is 5.51. The second-order valence-corrected chi connectivity index (χ2v) is 4.09. The van der Waals surface area contributed by atoms with E-state index in [-0.39, 0.29) is 11.7 Å². The molecular weight excluding hydrogens is 247 g/mol. The van der Waals surface area contributed by atoms with Gasteiger partial charge in [0.25, 0.3) is 5.91 Å². The Kier molecular flexibility index (Phi) is 3.51. The minimum absolute atomic E-state index is 0.00472. The van der Waals surface area contributed by atoms with Crippen LogP contribution in [0.25, 0.3) is 0 Å². The molecule has 98 valence electrons. The van der Waals surface area contributed by atoms with Crippen molar-refractivity contribution in [3.63, 3.8) is 0 Å². The van der Waals surface area contributed by atoms with Crippen LogP contribution in [0.5, 0.6) is 0 Å². The Balaban J connectivity index is 2.02. The molecule has 4 nitrogen and oxygen atoms in total. The summed E-state index contributed by atoms with van der Waals surface area (Å²) in [6.45, 7) is 1.50. The highest BCUT2D eigenvalue weighted by molar-refractivity contribution is 5.92. The number of aromatic nitrogens is 1. The molecule has 0 saturated carbocycles. The summed E-state index contributed by atoms with van der Waals surface area (Å²) in [5.41, 5.74) is -0.864. The largest absolute Gasteiger partial charge is 0.417 e. The average molecular weight is 259 g/mol. The molecule has 1 aromatic rings. The molecule has 18 heavy (non-hydrogen) atoms. The fraction of sp³-hybridized carbons (Fsp3) is 0.455. The second-order valence-electron chi connectivity index (χ2n) is 4.09. The van der Waals surface area contributed by atoms with E-state index < -0.39 is 17.6 Å². The zero-order chi connectivity index (χ0) is 13.2. The van der Waals surface area contributed by atoms with Gasteiger partial charge in [0.2, 0.25) is 0 Å². The van der Waals surface area contributed by atoms with Gasteiger partial charge in [-0.15, -0.1) is 0 Å². The lowest BCUT2D eigenvalue weighted by Gasteiger charge is -2.11. The van der Waals surface area contributed by atoms with Crippen LogP contribution in [0.15, 0.2) is 18.3 Å². The van der Waals surface area contributed by atoms with Gasteiger partial charge in [-0.05, 0) is 25.1 Å². The maximum absolute atomic E-state index is 12.3. The third-order valence-corrected chi connectivity index (χ3v) is 2.72. The van der Waals surface area contributed by atoms with Crippen LogP contribution in [0.4, 0.5) is 13.2 Å². The fourth-order valence-electron chi connectivity index (χ4n) is 1.73. The average Bonchev–Trinajstić information content (AvgIpc) is 2.81. The Morgan fingerprint density at radius 3 is 2.72 bits per heavy atom. The van der Waals surface area contributed by atoms with Crippen molar-refractivity contribution in [2.24, 2.45) is 0 Å². The fourth-order valence-corrected chi connectivity index (χ4v) is 1.73. The minimum atomic E-state index is -4.43. The van der Waals surface area contributed by atoms with Crippen molar-refractivity contribution in [3.05, 3.63) is 29.6 Å². The van der Waals surface area contributed by atoms with Crippen LogP contribution in [0, 0.1) is 0 Å². The van der Waals surface area contributed by atoms with E-state index in [0.717, 1.165) is 25.1 Å². The predicted octanol–water partition coefficient (Wildman–Crippen LogP) is 1.19. The first-order chi connectivity index (χ1) is 8.47. The molecule has 0 aromatic carbocycles. The van der Waals surface area contributed by atoms with E-state index in [2.05, 4.69) is 15.6 Å². The van der Waals surface area contributed by atoms with Crippen molar-refractivity contribution in [2.75, 3.05) is 13.1 Å². The lowest BCUT2D eigenvalue weighted by molar-refractivity contribution is -0.137. The van der Waals surface area contributed by atoms with Gasteiger partial charge in [0.05, 0.1) is 5.56 Å². The maximum Gasteiger partial charge on any atom is 0.417 e. The monoisotopic (exact) mass is 259 g/mol. The van der Waals surface area contributed by atoms with E-state index in [0.29, 0.717) is 12.7 Å². The van der Waals surface area contributed by atoms with E-state index in [1.165, 1.54) is 0 Å². The van der Waals surface area contributed by atoms with Crippen molar-refractivity contribution in [2.45, 2.75) is 18.6 Å². The van der Waals surface area contributed by atoms with Crippen LogP contribution in [0.2, 0.25) is 0 Å². The molecule has 1 amide bonds. The number of rotatable bonds is 2. The molecule has 0 bridgehead atoms. The third-order valence-electron chi connectivity index (χ3n) is 2.72. The van der Waals surface area contributed by atoms with Gasteiger partial charge in [-0.3, -0.25) is 9.78 Å². The van der Waals surface area contributed by atoms with Crippen molar-refractivity contribution in [1.82, 2.24) is 15.6 Å². The highest BCUT2D eigenvalue weighted by atomic mass is 19.4. The summed E-state index contributed by atoms with van der Waals surface area (Å²) >= 11 is 0. The van der Waals surface area contributed by atoms with Crippen LogP contribution in [0.1, 0.15) is 22.5 Å². The number of halogens is 3. The standard InChI is InChI=1S/C11H12F3N3O/c12-11(13,14)7-1-2-9(16-5-7)10(18)17-8-3-4-15-6-8/h1-2,5,8,15H,3-4,6H2,(H,17,18)/t8-/m1/s1. The smallest absolute Gasteiger partial charge is 0.347 e. The Morgan fingerprint density at radius 1 is 1.44 bits per heavy atom. The van der Waals surface area contributed by atoms with Gasteiger partial charge >= 0.3 is 6.18 Å². The van der Waals surface area contributed by atoms with E-state index in [1.807, 2.05) is 0 Å². The molecule has 7 heteroatoms. The number of nitrogens with one attached hydrogen (secondary N) is 2. The normalized spacial score (nSPS) is 19.8. The number of pyridine rings is 1. The van der Waals surface area contributed by atoms with Gasteiger partial charge in [-0.1, -0.05) is 0 Å². The number of alkyl halides is 3. The van der Waals surface area contributed by atoms with Gasteiger partial charge in [-0.25, -0.2) is 0 Å². The molecule has 0 spiro atoms. The molecule has 0 unspecified atom stereocenters. The van der Waals surface area contributed by atoms with Gasteiger partial charge in [0.15, 0.2) is 0 Å². The van der Waals surface area contributed by atoms with Gasteiger partial charge in [0.1, 0.15) is 5.69 Å². The summed E-state index contributed by atoms with van der Waals surface area (Å²) in [4.78, 5) is 15.2. The molecule has 1 aliphatic rings. The Morgan fingerprint density at radius 2 is 2.22 bits per heavy atom. The van der Waals surface area contributed by atoms with E-state index in [4.69, 9.17) is 0 Å². The minimum Gasteiger partial charge on any atom is -0.347 e. The summed E-state index contributed by atoms with van der Waals surface area (Å²) in [5, 5.41) is 5.78. The number of carbonyl (C=O) groups excluding carboxylic acids is 1. The summed E-state index contributed by atoms with van der Waals surface area (Å²) in [7, 11) is 0. The third kappa shape index (κ3) is 2.98. The molecule has 2 rings (SSSR count). The number of hydrogen-bond donors (Lipinski definition) is 2. The zero-order valence-corrected chi connectivity index (χ0v) is 9.42. The van der Waals surface area contributed by atoms with Crippen LogP contribution >= 0.6 is 0 Å². The van der Waals surface area contributed by atoms with Crippen LogP contribution in [-0.2, 0) is 6.18 Å². The highest BCUT2D eigenvalue weighted by Gasteiger charge is 2.31.